The summed E-state index contributed by atoms with van der Waals surface area (Å²) < 4.78 is 23.5. The number of rotatable bonds is 45. The molecule has 0 fully saturated rings. The fourth-order valence-corrected chi connectivity index (χ4v) is 7.81. The molecule has 0 aliphatic heterocycles. The van der Waals surface area contributed by atoms with Gasteiger partial charge in [0.25, 0.3) is 0 Å². The molecule has 0 bridgehead atoms. The van der Waals surface area contributed by atoms with E-state index in [1.54, 1.807) is 6.08 Å². The van der Waals surface area contributed by atoms with Crippen LogP contribution in [-0.2, 0) is 18.4 Å². The molecule has 0 saturated carbocycles. The maximum atomic E-state index is 12.9. The first-order valence-corrected chi connectivity index (χ1v) is 26.5. The molecule has 0 heterocycles. The third kappa shape index (κ3) is 44.5. The monoisotopic (exact) mass is 866 g/mol. The summed E-state index contributed by atoms with van der Waals surface area (Å²) >= 11 is 0. The summed E-state index contributed by atoms with van der Waals surface area (Å²) in [6, 6.07) is -0.868. The van der Waals surface area contributed by atoms with E-state index in [0.717, 1.165) is 51.4 Å². The molecule has 0 radical (unpaired) electrons. The lowest BCUT2D eigenvalue weighted by atomic mass is 10.0. The molecule has 0 aromatic heterocycles. The van der Waals surface area contributed by atoms with Crippen LogP contribution in [0.2, 0.25) is 0 Å². The standard InChI is InChI=1S/C51H97N2O6P/c1-6-8-10-12-14-16-18-19-20-21-22-23-24-25-26-27-28-29-30-31-32-33-34-35-37-39-41-43-45-51(55)52-49(48-59-60(56,57)58-47-46-53(3,4)5)50(54)44-42-40-38-36-17-15-13-11-9-7-2/h9,11,17,25-26,36,42,44,49-50,54H,6-8,10,12-16,18-24,27-35,37-41,43,45-48H2,1-5H3,(H-,52,55,56,57)/p+1/b11-9+,26-25-,36-17+,44-42+. The van der Waals surface area contributed by atoms with Crippen LogP contribution in [0.15, 0.2) is 48.6 Å². The Morgan fingerprint density at radius 2 is 0.967 bits per heavy atom. The molecule has 352 valence electrons. The van der Waals surface area contributed by atoms with Crippen molar-refractivity contribution in [1.29, 1.82) is 0 Å². The minimum absolute atomic E-state index is 0.0526. The van der Waals surface area contributed by atoms with Crippen molar-refractivity contribution in [3.8, 4) is 0 Å². The summed E-state index contributed by atoms with van der Waals surface area (Å²) in [5, 5.41) is 13.8. The molecule has 0 saturated heterocycles. The second-order valence-electron chi connectivity index (χ2n) is 18.1. The number of carbonyl (C=O) groups is 1. The van der Waals surface area contributed by atoms with Crippen molar-refractivity contribution in [3.05, 3.63) is 48.6 Å². The molecule has 0 rings (SSSR count). The fraction of sp³-hybridized carbons (Fsp3) is 0.824. The third-order valence-electron chi connectivity index (χ3n) is 11.0. The van der Waals surface area contributed by atoms with E-state index in [-0.39, 0.29) is 19.1 Å². The number of amides is 1. The van der Waals surface area contributed by atoms with E-state index in [4.69, 9.17) is 9.05 Å². The van der Waals surface area contributed by atoms with Crippen molar-refractivity contribution < 1.29 is 32.9 Å². The van der Waals surface area contributed by atoms with E-state index in [0.29, 0.717) is 17.4 Å². The molecule has 0 aliphatic rings. The van der Waals surface area contributed by atoms with E-state index in [2.05, 4.69) is 55.6 Å². The quantitative estimate of drug-likeness (QED) is 0.0244. The molecule has 0 spiro atoms. The van der Waals surface area contributed by atoms with Crippen LogP contribution < -0.4 is 5.32 Å². The number of phosphoric ester groups is 1. The maximum absolute atomic E-state index is 12.9. The number of likely N-dealkylation sites (N-methyl/N-ethyl adjacent to an activating group) is 1. The SMILES string of the molecule is CC/C=C/CC/C=C/CC/C=C/C(O)C(COP(=O)(O)OCC[N+](C)(C)C)NC(=O)CCCCCCCCCCCCCC/C=C\CCCCCCCCCCCCCC. The second-order valence-corrected chi connectivity index (χ2v) is 19.6. The molecule has 3 N–H and O–H groups in total. The number of aliphatic hydroxyl groups is 1. The molecule has 8 nitrogen and oxygen atoms in total. The van der Waals surface area contributed by atoms with Gasteiger partial charge in [0, 0.05) is 6.42 Å². The summed E-state index contributed by atoms with van der Waals surface area (Å²) in [5.41, 5.74) is 0. The summed E-state index contributed by atoms with van der Waals surface area (Å²) in [5.74, 6) is -0.194. The van der Waals surface area contributed by atoms with Gasteiger partial charge in [-0.25, -0.2) is 4.57 Å². The van der Waals surface area contributed by atoms with Gasteiger partial charge in [0.2, 0.25) is 5.91 Å². The van der Waals surface area contributed by atoms with Crippen LogP contribution in [0.1, 0.15) is 219 Å². The molecule has 3 atom stereocenters. The minimum atomic E-state index is -4.35. The average molecular weight is 866 g/mol. The predicted octanol–water partition coefficient (Wildman–Crippen LogP) is 14.4. The normalized spacial score (nSPS) is 14.6. The largest absolute Gasteiger partial charge is 0.472 e. The van der Waals surface area contributed by atoms with Crippen LogP contribution in [0.3, 0.4) is 0 Å². The Morgan fingerprint density at radius 1 is 0.567 bits per heavy atom. The van der Waals surface area contributed by atoms with Crippen LogP contribution in [0.5, 0.6) is 0 Å². The number of hydrogen-bond acceptors (Lipinski definition) is 5. The highest BCUT2D eigenvalue weighted by molar-refractivity contribution is 7.47. The summed E-state index contributed by atoms with van der Waals surface area (Å²) in [6.45, 7) is 4.66. The van der Waals surface area contributed by atoms with Gasteiger partial charge in [0.15, 0.2) is 0 Å². The lowest BCUT2D eigenvalue weighted by Crippen LogP contribution is -2.45. The zero-order valence-electron chi connectivity index (χ0n) is 39.9. The zero-order chi connectivity index (χ0) is 44.3. The van der Waals surface area contributed by atoms with Gasteiger partial charge in [-0.05, 0) is 64.2 Å². The minimum Gasteiger partial charge on any atom is -0.387 e. The van der Waals surface area contributed by atoms with E-state index >= 15 is 0 Å². The predicted molar refractivity (Wildman–Crippen MR) is 258 cm³/mol. The highest BCUT2D eigenvalue weighted by atomic mass is 31.2. The van der Waals surface area contributed by atoms with Gasteiger partial charge in [0.05, 0.1) is 39.9 Å². The van der Waals surface area contributed by atoms with Crippen LogP contribution >= 0.6 is 7.82 Å². The van der Waals surface area contributed by atoms with Crippen molar-refractivity contribution in [2.75, 3.05) is 40.9 Å². The van der Waals surface area contributed by atoms with Crippen molar-refractivity contribution in [1.82, 2.24) is 5.32 Å². The van der Waals surface area contributed by atoms with Gasteiger partial charge < -0.3 is 19.8 Å². The molecule has 0 aliphatic carbocycles. The lowest BCUT2D eigenvalue weighted by Gasteiger charge is -2.25. The number of unbranched alkanes of at least 4 members (excludes halogenated alkanes) is 26. The van der Waals surface area contributed by atoms with Gasteiger partial charge in [-0.2, -0.15) is 0 Å². The van der Waals surface area contributed by atoms with Gasteiger partial charge in [-0.1, -0.05) is 197 Å². The Balaban J connectivity index is 4.09. The Labute approximate surface area is 371 Å². The number of phosphoric acid groups is 1. The van der Waals surface area contributed by atoms with Crippen molar-refractivity contribution in [2.45, 2.75) is 231 Å². The fourth-order valence-electron chi connectivity index (χ4n) is 7.08. The number of aliphatic hydroxyl groups excluding tert-OH is 1. The van der Waals surface area contributed by atoms with Crippen LogP contribution in [0.25, 0.3) is 0 Å². The average Bonchev–Trinajstić information content (AvgIpc) is 3.20. The van der Waals surface area contributed by atoms with Gasteiger partial charge in [-0.3, -0.25) is 13.8 Å². The Bertz CT molecular complexity index is 1120. The molecule has 60 heavy (non-hydrogen) atoms. The van der Waals surface area contributed by atoms with Gasteiger partial charge in [-0.15, -0.1) is 0 Å². The van der Waals surface area contributed by atoms with E-state index in [9.17, 15) is 19.4 Å². The first-order chi connectivity index (χ1) is 29.0. The Hall–Kier alpha value is -1.54. The zero-order valence-corrected chi connectivity index (χ0v) is 40.8. The highest BCUT2D eigenvalue weighted by Gasteiger charge is 2.27. The molecule has 9 heteroatoms. The number of quaternary nitrogens is 1. The molecule has 3 unspecified atom stereocenters. The van der Waals surface area contributed by atoms with E-state index in [1.807, 2.05) is 27.2 Å². The highest BCUT2D eigenvalue weighted by Crippen LogP contribution is 2.43. The summed E-state index contributed by atoms with van der Waals surface area (Å²) in [7, 11) is 1.54. The molecule has 0 aromatic carbocycles. The molecule has 0 aromatic rings. The number of allylic oxidation sites excluding steroid dienone is 7. The number of nitrogens with zero attached hydrogens (tertiary/aromatic N) is 1. The van der Waals surface area contributed by atoms with Crippen molar-refractivity contribution in [2.24, 2.45) is 0 Å². The van der Waals surface area contributed by atoms with Crippen LogP contribution in [-0.4, -0.2) is 73.4 Å². The summed E-state index contributed by atoms with van der Waals surface area (Å²) in [6.07, 6.45) is 55.1. The van der Waals surface area contributed by atoms with Gasteiger partial charge in [0.1, 0.15) is 13.2 Å². The van der Waals surface area contributed by atoms with E-state index < -0.39 is 20.0 Å². The molecular weight excluding hydrogens is 768 g/mol. The summed E-state index contributed by atoms with van der Waals surface area (Å²) in [4.78, 5) is 23.1. The number of carbonyl (C=O) groups excluding carboxylic acids is 1. The molecule has 1 amide bonds. The third-order valence-corrected chi connectivity index (χ3v) is 12.0. The smallest absolute Gasteiger partial charge is 0.387 e. The number of hydrogen-bond donors (Lipinski definition) is 3. The van der Waals surface area contributed by atoms with Gasteiger partial charge >= 0.3 is 7.82 Å². The van der Waals surface area contributed by atoms with Crippen LogP contribution in [0.4, 0.5) is 0 Å². The Morgan fingerprint density at radius 3 is 1.42 bits per heavy atom. The lowest BCUT2D eigenvalue weighted by molar-refractivity contribution is -0.870. The maximum Gasteiger partial charge on any atom is 0.472 e. The van der Waals surface area contributed by atoms with Crippen molar-refractivity contribution >= 4 is 13.7 Å². The number of nitrogens with one attached hydrogen (secondary N) is 1. The van der Waals surface area contributed by atoms with E-state index in [1.165, 1.54) is 148 Å². The first kappa shape index (κ1) is 58.5. The Kier molecular flexibility index (Phi) is 41.6. The van der Waals surface area contributed by atoms with Crippen molar-refractivity contribution in [3.63, 3.8) is 0 Å². The second kappa shape index (κ2) is 42.7. The van der Waals surface area contributed by atoms with Crippen LogP contribution in [0, 0.1) is 0 Å². The topological polar surface area (TPSA) is 105 Å². The molecular formula is C51H98N2O6P+. The first-order valence-electron chi connectivity index (χ1n) is 25.0.